The molecular weight excluding hydrogens is 270 g/mol. The molecule has 2 heteroatoms. The van der Waals surface area contributed by atoms with Crippen LogP contribution in [0.25, 0.3) is 21.9 Å². The third-order valence-electron chi connectivity index (χ3n) is 4.11. The molecule has 0 amide bonds. The molecule has 0 aliphatic rings. The lowest BCUT2D eigenvalue weighted by Crippen LogP contribution is -1.93. The highest BCUT2D eigenvalue weighted by Crippen LogP contribution is 2.34. The maximum absolute atomic E-state index is 7.16. The topological polar surface area (TPSA) is 37.0 Å². The Hall–Kier alpha value is -2.09. The smallest absolute Gasteiger partial charge is 0.138 e. The summed E-state index contributed by atoms with van der Waals surface area (Å²) >= 11 is 0. The first kappa shape index (κ1) is 14.8. The highest BCUT2D eigenvalue weighted by atomic mass is 16.3. The van der Waals surface area contributed by atoms with Crippen LogP contribution in [0, 0.1) is 11.3 Å². The summed E-state index contributed by atoms with van der Waals surface area (Å²) in [6.07, 6.45) is 5.32. The molecule has 0 aliphatic heterocycles. The minimum absolute atomic E-state index is 0.617. The Kier molecular flexibility index (Phi) is 4.28. The van der Waals surface area contributed by atoms with Crippen molar-refractivity contribution in [2.75, 3.05) is 0 Å². The summed E-state index contributed by atoms with van der Waals surface area (Å²) < 4.78 is 6.29. The maximum atomic E-state index is 7.16. The van der Waals surface area contributed by atoms with Crippen molar-refractivity contribution in [3.05, 3.63) is 47.5 Å². The van der Waals surface area contributed by atoms with Crippen LogP contribution in [0.1, 0.15) is 37.8 Å². The van der Waals surface area contributed by atoms with Gasteiger partial charge in [0.1, 0.15) is 11.2 Å². The molecule has 3 aromatic rings. The van der Waals surface area contributed by atoms with Crippen molar-refractivity contribution in [2.45, 2.75) is 39.5 Å². The van der Waals surface area contributed by atoms with Gasteiger partial charge < -0.3 is 9.83 Å². The minimum atomic E-state index is 0.617. The Labute approximate surface area is 131 Å². The molecular formula is C20H23NO. The van der Waals surface area contributed by atoms with E-state index in [0.717, 1.165) is 36.8 Å². The van der Waals surface area contributed by atoms with E-state index in [1.54, 1.807) is 0 Å². The van der Waals surface area contributed by atoms with Crippen LogP contribution in [0.3, 0.4) is 0 Å². The van der Waals surface area contributed by atoms with E-state index in [-0.39, 0.29) is 0 Å². The van der Waals surface area contributed by atoms with Crippen LogP contribution in [0.15, 0.2) is 40.8 Å². The molecule has 0 spiro atoms. The number of nitrogens with one attached hydrogen (secondary N) is 1. The molecule has 22 heavy (non-hydrogen) atoms. The summed E-state index contributed by atoms with van der Waals surface area (Å²) in [6, 6.07) is 12.9. The molecule has 1 N–H and O–H groups in total. The number of unbranched alkanes of at least 4 members (excludes halogenated alkanes) is 1. The van der Waals surface area contributed by atoms with Crippen LogP contribution >= 0.6 is 0 Å². The molecule has 0 atom stereocenters. The molecule has 0 saturated carbocycles. The largest absolute Gasteiger partial charge is 0.455 e. The number of benzene rings is 2. The second-order valence-corrected chi connectivity index (χ2v) is 6.38. The molecule has 2 aromatic carbocycles. The summed E-state index contributed by atoms with van der Waals surface area (Å²) in [5.74, 6) is 0.617. The Morgan fingerprint density at radius 2 is 1.64 bits per heavy atom. The third-order valence-corrected chi connectivity index (χ3v) is 4.11. The summed E-state index contributed by atoms with van der Waals surface area (Å²) in [5, 5.41) is 9.60. The molecule has 0 aliphatic carbocycles. The van der Waals surface area contributed by atoms with Crippen molar-refractivity contribution in [2.24, 2.45) is 5.92 Å². The van der Waals surface area contributed by atoms with E-state index in [2.05, 4.69) is 50.2 Å². The maximum Gasteiger partial charge on any atom is 0.138 e. The number of rotatable bonds is 6. The van der Waals surface area contributed by atoms with E-state index in [1.807, 2.05) is 0 Å². The number of fused-ring (bicyclic) bond motifs is 3. The summed E-state index contributed by atoms with van der Waals surface area (Å²) in [6.45, 7) is 4.48. The van der Waals surface area contributed by atoms with Gasteiger partial charge in [-0.2, -0.15) is 0 Å². The van der Waals surface area contributed by atoms with Crippen molar-refractivity contribution in [3.63, 3.8) is 0 Å². The van der Waals surface area contributed by atoms with E-state index < -0.39 is 0 Å². The molecule has 0 radical (unpaired) electrons. The predicted molar refractivity (Wildman–Crippen MR) is 94.0 cm³/mol. The fourth-order valence-electron chi connectivity index (χ4n) is 3.13. The fourth-order valence-corrected chi connectivity index (χ4v) is 3.13. The van der Waals surface area contributed by atoms with E-state index in [1.165, 1.54) is 28.1 Å². The molecule has 3 rings (SSSR count). The van der Waals surface area contributed by atoms with Gasteiger partial charge in [0.05, 0.1) is 0 Å². The van der Waals surface area contributed by atoms with Crippen LogP contribution in [0.2, 0.25) is 0 Å². The van der Waals surface area contributed by atoms with E-state index in [9.17, 15) is 0 Å². The van der Waals surface area contributed by atoms with E-state index in [4.69, 9.17) is 9.83 Å². The zero-order valence-corrected chi connectivity index (χ0v) is 13.4. The average molecular weight is 293 g/mol. The molecule has 1 aromatic heterocycles. The number of para-hydroxylation sites is 2. The van der Waals surface area contributed by atoms with Crippen LogP contribution in [0.5, 0.6) is 0 Å². The normalized spacial score (nSPS) is 11.6. The SMILES string of the molecule is CC(C)Cc1cccc2c1oc1c(CCCC=N)cccc12. The molecule has 1 heterocycles. The number of aryl methyl sites for hydroxylation is 1. The van der Waals surface area contributed by atoms with Crippen molar-refractivity contribution in [1.82, 2.24) is 0 Å². The van der Waals surface area contributed by atoms with Gasteiger partial charge in [-0.05, 0) is 48.9 Å². The van der Waals surface area contributed by atoms with Gasteiger partial charge in [0.2, 0.25) is 0 Å². The second-order valence-electron chi connectivity index (χ2n) is 6.38. The van der Waals surface area contributed by atoms with Gasteiger partial charge in [-0.1, -0.05) is 50.2 Å². The summed E-state index contributed by atoms with van der Waals surface area (Å²) in [7, 11) is 0. The summed E-state index contributed by atoms with van der Waals surface area (Å²) in [5.41, 5.74) is 4.63. The molecule has 0 fully saturated rings. The third kappa shape index (κ3) is 2.78. The molecule has 0 unspecified atom stereocenters. The molecule has 114 valence electrons. The first-order valence-electron chi connectivity index (χ1n) is 8.11. The standard InChI is InChI=1S/C20H23NO/c1-14(2)13-16-9-6-11-18-17-10-5-8-15(7-3-4-12-21)19(17)22-20(16)18/h5-6,8-12,14,21H,3-4,7,13H2,1-2H3. The Morgan fingerprint density at radius 3 is 2.27 bits per heavy atom. The van der Waals surface area contributed by atoms with Gasteiger partial charge in [0, 0.05) is 10.8 Å². The molecule has 0 saturated heterocycles. The van der Waals surface area contributed by atoms with Crippen LogP contribution < -0.4 is 0 Å². The van der Waals surface area contributed by atoms with E-state index >= 15 is 0 Å². The lowest BCUT2D eigenvalue weighted by molar-refractivity contribution is 0.621. The van der Waals surface area contributed by atoms with Gasteiger partial charge in [0.15, 0.2) is 0 Å². The number of hydrogen-bond acceptors (Lipinski definition) is 2. The second kappa shape index (κ2) is 6.35. The van der Waals surface area contributed by atoms with Gasteiger partial charge in [-0.25, -0.2) is 0 Å². The predicted octanol–water partition coefficient (Wildman–Crippen LogP) is 5.76. The van der Waals surface area contributed by atoms with Gasteiger partial charge in [0.25, 0.3) is 0 Å². The minimum Gasteiger partial charge on any atom is -0.455 e. The first-order chi connectivity index (χ1) is 10.7. The van der Waals surface area contributed by atoms with Gasteiger partial charge in [-0.15, -0.1) is 0 Å². The van der Waals surface area contributed by atoms with E-state index in [0.29, 0.717) is 5.92 Å². The number of furan rings is 1. The van der Waals surface area contributed by atoms with Crippen molar-refractivity contribution < 1.29 is 4.42 Å². The Balaban J connectivity index is 2.11. The van der Waals surface area contributed by atoms with Crippen molar-refractivity contribution >= 4 is 28.2 Å². The molecule has 0 bridgehead atoms. The van der Waals surface area contributed by atoms with Crippen molar-refractivity contribution in [3.8, 4) is 0 Å². The fraction of sp³-hybridized carbons (Fsp3) is 0.350. The Morgan fingerprint density at radius 1 is 1.00 bits per heavy atom. The lowest BCUT2D eigenvalue weighted by Gasteiger charge is -2.04. The highest BCUT2D eigenvalue weighted by molar-refractivity contribution is 6.06. The molecule has 2 nitrogen and oxygen atoms in total. The Bertz CT molecular complexity index is 798. The average Bonchev–Trinajstić information content (AvgIpc) is 2.88. The quantitative estimate of drug-likeness (QED) is 0.455. The highest BCUT2D eigenvalue weighted by Gasteiger charge is 2.13. The van der Waals surface area contributed by atoms with Crippen LogP contribution in [-0.2, 0) is 12.8 Å². The number of hydrogen-bond donors (Lipinski definition) is 1. The lowest BCUT2D eigenvalue weighted by atomic mass is 10.00. The van der Waals surface area contributed by atoms with Gasteiger partial charge in [-0.3, -0.25) is 0 Å². The zero-order chi connectivity index (χ0) is 15.5. The monoisotopic (exact) mass is 293 g/mol. The van der Waals surface area contributed by atoms with Crippen molar-refractivity contribution in [1.29, 1.82) is 5.41 Å². The first-order valence-corrected chi connectivity index (χ1v) is 8.11. The zero-order valence-electron chi connectivity index (χ0n) is 13.4. The van der Waals surface area contributed by atoms with Gasteiger partial charge >= 0.3 is 0 Å². The van der Waals surface area contributed by atoms with Crippen LogP contribution in [0.4, 0.5) is 0 Å². The summed E-state index contributed by atoms with van der Waals surface area (Å²) in [4.78, 5) is 0. The van der Waals surface area contributed by atoms with Crippen LogP contribution in [-0.4, -0.2) is 6.21 Å².